The van der Waals surface area contributed by atoms with Gasteiger partial charge in [-0.15, -0.1) is 0 Å². The molecule has 27 heavy (non-hydrogen) atoms. The summed E-state index contributed by atoms with van der Waals surface area (Å²) in [5.41, 5.74) is 5.38. The van der Waals surface area contributed by atoms with E-state index in [1.54, 1.807) is 6.07 Å². The highest BCUT2D eigenvalue weighted by Crippen LogP contribution is 2.24. The van der Waals surface area contributed by atoms with E-state index in [0.29, 0.717) is 18.7 Å². The zero-order valence-electron chi connectivity index (χ0n) is 15.0. The molecule has 6 heteroatoms. The highest BCUT2D eigenvalue weighted by atomic mass is 16.2. The minimum atomic E-state index is -0.269. The summed E-state index contributed by atoms with van der Waals surface area (Å²) in [6, 6.07) is 16.7. The lowest BCUT2D eigenvalue weighted by molar-refractivity contribution is -0.118. The Bertz CT molecular complexity index is 1040. The molecule has 1 aliphatic rings. The van der Waals surface area contributed by atoms with E-state index < -0.39 is 0 Å². The van der Waals surface area contributed by atoms with E-state index in [9.17, 15) is 9.59 Å². The molecule has 2 aromatic carbocycles. The van der Waals surface area contributed by atoms with Gasteiger partial charge in [0.25, 0.3) is 5.56 Å². The Morgan fingerprint density at radius 1 is 1.11 bits per heavy atom. The molecule has 6 nitrogen and oxygen atoms in total. The molecule has 4 rings (SSSR count). The number of aromatic amines is 1. The van der Waals surface area contributed by atoms with Gasteiger partial charge in [-0.05, 0) is 42.2 Å². The molecule has 1 aliphatic heterocycles. The second kappa shape index (κ2) is 7.17. The van der Waals surface area contributed by atoms with Crippen LogP contribution in [0.15, 0.2) is 59.4 Å². The average Bonchev–Trinajstić information content (AvgIpc) is 2.70. The molecule has 0 saturated carbocycles. The lowest BCUT2D eigenvalue weighted by atomic mass is 9.95. The van der Waals surface area contributed by atoms with Crippen LogP contribution in [0.25, 0.3) is 11.3 Å². The monoisotopic (exact) mass is 360 g/mol. The molecule has 1 amide bonds. The molecule has 3 aromatic rings. The van der Waals surface area contributed by atoms with Crippen LogP contribution in [0, 0.1) is 6.92 Å². The van der Waals surface area contributed by atoms with Crippen LogP contribution in [0.4, 0.5) is 5.69 Å². The molecule has 0 aliphatic carbocycles. The van der Waals surface area contributed by atoms with Crippen molar-refractivity contribution in [2.75, 3.05) is 5.32 Å². The van der Waals surface area contributed by atoms with E-state index in [2.05, 4.69) is 33.0 Å². The van der Waals surface area contributed by atoms with Crippen LogP contribution in [-0.2, 0) is 17.8 Å². The average molecular weight is 360 g/mol. The number of nitrogens with one attached hydrogen (secondary N) is 3. The summed E-state index contributed by atoms with van der Waals surface area (Å²) in [4.78, 5) is 24.0. The normalized spacial score (nSPS) is 15.8. The molecule has 0 fully saturated rings. The third-order valence-corrected chi connectivity index (χ3v) is 4.87. The highest BCUT2D eigenvalue weighted by Gasteiger charge is 2.24. The topological polar surface area (TPSA) is 86.9 Å². The van der Waals surface area contributed by atoms with Crippen molar-refractivity contribution in [3.8, 4) is 11.3 Å². The minimum absolute atomic E-state index is 0.0563. The zero-order valence-corrected chi connectivity index (χ0v) is 15.0. The molecule has 136 valence electrons. The number of carbonyl (C=O) groups is 1. The molecule has 3 N–H and O–H groups in total. The van der Waals surface area contributed by atoms with Crippen LogP contribution in [-0.4, -0.2) is 22.1 Å². The van der Waals surface area contributed by atoms with Gasteiger partial charge in [0.2, 0.25) is 5.91 Å². The number of benzene rings is 2. The van der Waals surface area contributed by atoms with E-state index in [1.165, 1.54) is 17.2 Å². The second-order valence-corrected chi connectivity index (χ2v) is 6.73. The first-order valence-electron chi connectivity index (χ1n) is 8.88. The fourth-order valence-corrected chi connectivity index (χ4v) is 3.28. The summed E-state index contributed by atoms with van der Waals surface area (Å²) in [5.74, 6) is -0.0563. The highest BCUT2D eigenvalue weighted by molar-refractivity contribution is 5.96. The van der Waals surface area contributed by atoms with Crippen molar-refractivity contribution < 1.29 is 4.79 Å². The van der Waals surface area contributed by atoms with Crippen LogP contribution in [0.5, 0.6) is 0 Å². The first kappa shape index (κ1) is 17.2. The SMILES string of the molecule is Cc1ccc(-c2ccc(=O)[nH]n2)cc1NC(=O)C1Cc2ccccc2CN1. The van der Waals surface area contributed by atoms with Crippen molar-refractivity contribution in [2.24, 2.45) is 0 Å². The molecule has 2 heterocycles. The van der Waals surface area contributed by atoms with E-state index in [0.717, 1.165) is 16.8 Å². The van der Waals surface area contributed by atoms with E-state index in [1.807, 2.05) is 37.3 Å². The number of fused-ring (bicyclic) bond motifs is 1. The fraction of sp³-hybridized carbons (Fsp3) is 0.190. The van der Waals surface area contributed by atoms with Gasteiger partial charge < -0.3 is 10.6 Å². The van der Waals surface area contributed by atoms with Crippen LogP contribution < -0.4 is 16.2 Å². The van der Waals surface area contributed by atoms with Crippen LogP contribution in [0.2, 0.25) is 0 Å². The first-order chi connectivity index (χ1) is 13.1. The lowest BCUT2D eigenvalue weighted by Gasteiger charge is -2.25. The number of hydrogen-bond donors (Lipinski definition) is 3. The van der Waals surface area contributed by atoms with Crippen LogP contribution in [0.1, 0.15) is 16.7 Å². The molecular formula is C21H20N4O2. The lowest BCUT2D eigenvalue weighted by Crippen LogP contribution is -2.44. The molecule has 1 atom stereocenters. The van der Waals surface area contributed by atoms with Gasteiger partial charge in [-0.25, -0.2) is 5.10 Å². The van der Waals surface area contributed by atoms with Crippen molar-refractivity contribution in [1.29, 1.82) is 0 Å². The van der Waals surface area contributed by atoms with Gasteiger partial charge in [0, 0.05) is 23.9 Å². The minimum Gasteiger partial charge on any atom is -0.324 e. The van der Waals surface area contributed by atoms with Crippen molar-refractivity contribution >= 4 is 11.6 Å². The van der Waals surface area contributed by atoms with Gasteiger partial charge in [-0.1, -0.05) is 36.4 Å². The van der Waals surface area contributed by atoms with E-state index in [-0.39, 0.29) is 17.5 Å². The number of H-pyrrole nitrogens is 1. The summed E-state index contributed by atoms with van der Waals surface area (Å²) in [7, 11) is 0. The van der Waals surface area contributed by atoms with Gasteiger partial charge in [-0.3, -0.25) is 9.59 Å². The van der Waals surface area contributed by atoms with Crippen LogP contribution >= 0.6 is 0 Å². The Morgan fingerprint density at radius 2 is 1.93 bits per heavy atom. The Hall–Kier alpha value is -3.25. The predicted octanol–water partition coefficient (Wildman–Crippen LogP) is 2.40. The van der Waals surface area contributed by atoms with E-state index >= 15 is 0 Å². The van der Waals surface area contributed by atoms with Gasteiger partial charge in [0.15, 0.2) is 0 Å². The third kappa shape index (κ3) is 3.66. The maximum absolute atomic E-state index is 12.8. The summed E-state index contributed by atoms with van der Waals surface area (Å²) in [5, 5.41) is 12.8. The number of aryl methyl sites for hydroxylation is 1. The largest absolute Gasteiger partial charge is 0.324 e. The molecule has 1 aromatic heterocycles. The maximum atomic E-state index is 12.8. The van der Waals surface area contributed by atoms with Gasteiger partial charge in [0.1, 0.15) is 0 Å². The Morgan fingerprint density at radius 3 is 2.70 bits per heavy atom. The van der Waals surface area contributed by atoms with Crippen LogP contribution in [0.3, 0.4) is 0 Å². The van der Waals surface area contributed by atoms with Gasteiger partial charge in [0.05, 0.1) is 11.7 Å². The first-order valence-corrected chi connectivity index (χ1v) is 8.88. The molecule has 1 unspecified atom stereocenters. The molecule has 0 spiro atoms. The van der Waals surface area contributed by atoms with Crippen molar-refractivity contribution in [3.05, 3.63) is 81.6 Å². The summed E-state index contributed by atoms with van der Waals surface area (Å²) < 4.78 is 0. The number of anilines is 1. The third-order valence-electron chi connectivity index (χ3n) is 4.87. The quantitative estimate of drug-likeness (QED) is 0.669. The molecular weight excluding hydrogens is 340 g/mol. The Labute approximate surface area is 156 Å². The zero-order chi connectivity index (χ0) is 18.8. The summed E-state index contributed by atoms with van der Waals surface area (Å²) >= 11 is 0. The van der Waals surface area contributed by atoms with Crippen molar-refractivity contribution in [3.63, 3.8) is 0 Å². The number of amides is 1. The van der Waals surface area contributed by atoms with Crippen molar-refractivity contribution in [1.82, 2.24) is 15.5 Å². The fourth-order valence-electron chi connectivity index (χ4n) is 3.28. The molecule has 0 saturated heterocycles. The number of hydrogen-bond acceptors (Lipinski definition) is 4. The maximum Gasteiger partial charge on any atom is 0.264 e. The number of rotatable bonds is 3. The Balaban J connectivity index is 1.54. The summed E-state index contributed by atoms with van der Waals surface area (Å²) in [6.45, 7) is 2.64. The Kier molecular flexibility index (Phi) is 4.56. The van der Waals surface area contributed by atoms with Gasteiger partial charge >= 0.3 is 0 Å². The number of aromatic nitrogens is 2. The van der Waals surface area contributed by atoms with E-state index in [4.69, 9.17) is 0 Å². The number of carbonyl (C=O) groups excluding carboxylic acids is 1. The van der Waals surface area contributed by atoms with Gasteiger partial charge in [-0.2, -0.15) is 5.10 Å². The number of nitrogens with zero attached hydrogens (tertiary/aromatic N) is 1. The molecule has 0 radical (unpaired) electrons. The predicted molar refractivity (Wildman–Crippen MR) is 104 cm³/mol. The standard InChI is InChI=1S/C21H20N4O2/c1-13-6-7-15(17-8-9-20(26)25-24-17)11-18(13)23-21(27)19-10-14-4-2-3-5-16(14)12-22-19/h2-9,11,19,22H,10,12H2,1H3,(H,23,27)(H,25,26). The summed E-state index contributed by atoms with van der Waals surface area (Å²) in [6.07, 6.45) is 0.669. The smallest absolute Gasteiger partial charge is 0.264 e. The van der Waals surface area contributed by atoms with Crippen molar-refractivity contribution in [2.45, 2.75) is 25.9 Å². The second-order valence-electron chi connectivity index (χ2n) is 6.73. The molecule has 0 bridgehead atoms.